The van der Waals surface area contributed by atoms with Gasteiger partial charge in [0, 0.05) is 0 Å². The number of hydrogen-bond acceptors (Lipinski definition) is 1. The highest BCUT2D eigenvalue weighted by atomic mass is 16.3. The molecule has 1 atom stereocenters. The van der Waals surface area contributed by atoms with Crippen molar-refractivity contribution in [2.24, 2.45) is 0 Å². The van der Waals surface area contributed by atoms with Gasteiger partial charge in [0.2, 0.25) is 0 Å². The van der Waals surface area contributed by atoms with Gasteiger partial charge in [-0.1, -0.05) is 77.6 Å². The van der Waals surface area contributed by atoms with Crippen LogP contribution in [0.4, 0.5) is 0 Å². The van der Waals surface area contributed by atoms with Crippen molar-refractivity contribution < 1.29 is 5.11 Å². The average Bonchev–Trinajstić information content (AvgIpc) is 2.34. The van der Waals surface area contributed by atoms with Crippen molar-refractivity contribution >= 4 is 0 Å². The summed E-state index contributed by atoms with van der Waals surface area (Å²) in [6, 6.07) is 8.71. The molecule has 1 N–H and O–H groups in total. The fourth-order valence-electron chi connectivity index (χ4n) is 2.32. The zero-order chi connectivity index (χ0) is 14.3. The van der Waals surface area contributed by atoms with E-state index in [0.717, 1.165) is 19.3 Å². The normalized spacial score (nSPS) is 13.5. The summed E-state index contributed by atoms with van der Waals surface area (Å²) in [6.45, 7) is 8.90. The average molecular weight is 262 g/mol. The Balaban J connectivity index is 2.40. The van der Waals surface area contributed by atoms with Crippen molar-refractivity contribution in [3.8, 4) is 0 Å². The van der Waals surface area contributed by atoms with Gasteiger partial charge in [0.25, 0.3) is 0 Å². The lowest BCUT2D eigenvalue weighted by Gasteiger charge is -2.19. The van der Waals surface area contributed by atoms with Crippen molar-refractivity contribution in [2.75, 3.05) is 0 Å². The quantitative estimate of drug-likeness (QED) is 0.696. The lowest BCUT2D eigenvalue weighted by molar-refractivity contribution is 0.161. The van der Waals surface area contributed by atoms with E-state index in [9.17, 15) is 5.11 Å². The van der Waals surface area contributed by atoms with Crippen LogP contribution in [0.3, 0.4) is 0 Å². The zero-order valence-corrected chi connectivity index (χ0v) is 13.1. The third kappa shape index (κ3) is 6.24. The summed E-state index contributed by atoms with van der Waals surface area (Å²) in [4.78, 5) is 0. The molecule has 0 saturated heterocycles. The van der Waals surface area contributed by atoms with Crippen molar-refractivity contribution in [3.05, 3.63) is 35.4 Å². The van der Waals surface area contributed by atoms with Gasteiger partial charge in [-0.15, -0.1) is 0 Å². The van der Waals surface area contributed by atoms with E-state index >= 15 is 0 Å². The number of rotatable bonds is 7. The Labute approximate surface area is 119 Å². The Hall–Kier alpha value is -0.820. The summed E-state index contributed by atoms with van der Waals surface area (Å²) >= 11 is 0. The van der Waals surface area contributed by atoms with Crippen LogP contribution in [0.2, 0.25) is 0 Å². The molecule has 0 spiro atoms. The molecule has 0 aliphatic heterocycles. The largest absolute Gasteiger partial charge is 0.393 e. The first-order valence-corrected chi connectivity index (χ1v) is 7.71. The van der Waals surface area contributed by atoms with E-state index in [-0.39, 0.29) is 11.5 Å². The topological polar surface area (TPSA) is 20.2 Å². The highest BCUT2D eigenvalue weighted by molar-refractivity contribution is 5.27. The lowest BCUT2D eigenvalue weighted by Crippen LogP contribution is -2.12. The molecule has 0 aliphatic rings. The van der Waals surface area contributed by atoms with Crippen molar-refractivity contribution in [1.82, 2.24) is 0 Å². The summed E-state index contributed by atoms with van der Waals surface area (Å²) in [5.41, 5.74) is 2.81. The third-order valence-corrected chi connectivity index (χ3v) is 3.68. The van der Waals surface area contributed by atoms with Crippen LogP contribution < -0.4 is 0 Å². The number of aliphatic hydroxyl groups is 1. The van der Waals surface area contributed by atoms with Gasteiger partial charge in [0.15, 0.2) is 0 Å². The van der Waals surface area contributed by atoms with Gasteiger partial charge in [-0.3, -0.25) is 0 Å². The smallest absolute Gasteiger partial charge is 0.0580 e. The van der Waals surface area contributed by atoms with Gasteiger partial charge >= 0.3 is 0 Å². The van der Waals surface area contributed by atoms with Gasteiger partial charge in [0.1, 0.15) is 0 Å². The summed E-state index contributed by atoms with van der Waals surface area (Å²) < 4.78 is 0. The molecule has 0 heterocycles. The van der Waals surface area contributed by atoms with E-state index in [2.05, 4.69) is 52.0 Å². The van der Waals surface area contributed by atoms with E-state index in [1.54, 1.807) is 0 Å². The van der Waals surface area contributed by atoms with Crippen LogP contribution in [0.1, 0.15) is 70.9 Å². The highest BCUT2D eigenvalue weighted by Crippen LogP contribution is 2.22. The van der Waals surface area contributed by atoms with Gasteiger partial charge in [-0.05, 0) is 29.4 Å². The summed E-state index contributed by atoms with van der Waals surface area (Å²) in [5, 5.41) is 10.0. The zero-order valence-electron chi connectivity index (χ0n) is 13.1. The number of hydrogen-bond donors (Lipinski definition) is 1. The lowest BCUT2D eigenvalue weighted by atomic mass is 9.86. The molecule has 0 aliphatic carbocycles. The predicted octanol–water partition coefficient (Wildman–Crippen LogP) is 4.86. The minimum Gasteiger partial charge on any atom is -0.393 e. The van der Waals surface area contributed by atoms with Crippen LogP contribution >= 0.6 is 0 Å². The summed E-state index contributed by atoms with van der Waals surface area (Å²) in [6.07, 6.45) is 6.47. The van der Waals surface area contributed by atoms with Crippen LogP contribution in [-0.4, -0.2) is 11.2 Å². The van der Waals surface area contributed by atoms with Crippen molar-refractivity contribution in [2.45, 2.75) is 77.7 Å². The van der Waals surface area contributed by atoms with E-state index in [0.29, 0.717) is 0 Å². The third-order valence-electron chi connectivity index (χ3n) is 3.68. The fraction of sp³-hybridized carbons (Fsp3) is 0.667. The number of aliphatic hydroxyl groups excluding tert-OH is 1. The predicted molar refractivity (Wildman–Crippen MR) is 83.6 cm³/mol. The molecular weight excluding hydrogens is 232 g/mol. The molecule has 0 radical (unpaired) electrons. The highest BCUT2D eigenvalue weighted by Gasteiger charge is 2.13. The van der Waals surface area contributed by atoms with Crippen LogP contribution in [0.5, 0.6) is 0 Å². The van der Waals surface area contributed by atoms with E-state index in [1.165, 1.54) is 30.4 Å². The Kier molecular flexibility index (Phi) is 6.57. The van der Waals surface area contributed by atoms with E-state index in [4.69, 9.17) is 0 Å². The second-order valence-corrected chi connectivity index (χ2v) is 6.65. The monoisotopic (exact) mass is 262 g/mol. The fourth-order valence-corrected chi connectivity index (χ4v) is 2.32. The minimum atomic E-state index is -0.183. The van der Waals surface area contributed by atoms with Crippen LogP contribution in [0.25, 0.3) is 0 Å². The maximum absolute atomic E-state index is 10.0. The maximum Gasteiger partial charge on any atom is 0.0580 e. The first-order chi connectivity index (χ1) is 8.93. The summed E-state index contributed by atoms with van der Waals surface area (Å²) in [7, 11) is 0. The number of unbranched alkanes of at least 4 members (excludes halogenated alkanes) is 3. The molecular formula is C18H30O. The molecule has 0 aromatic heterocycles. The van der Waals surface area contributed by atoms with Gasteiger partial charge < -0.3 is 5.11 Å². The Morgan fingerprint density at radius 2 is 1.63 bits per heavy atom. The SMILES string of the molecule is CCCCCCC(O)Cc1ccc(C(C)(C)C)cc1. The number of benzene rings is 1. The molecule has 0 amide bonds. The van der Waals surface area contributed by atoms with Gasteiger partial charge in [0.05, 0.1) is 6.10 Å². The Morgan fingerprint density at radius 3 is 2.16 bits per heavy atom. The van der Waals surface area contributed by atoms with Crippen LogP contribution in [0.15, 0.2) is 24.3 Å². The van der Waals surface area contributed by atoms with Crippen molar-refractivity contribution in [3.63, 3.8) is 0 Å². The molecule has 1 rings (SSSR count). The Morgan fingerprint density at radius 1 is 1.00 bits per heavy atom. The summed E-state index contributed by atoms with van der Waals surface area (Å²) in [5.74, 6) is 0. The molecule has 0 saturated carbocycles. The van der Waals surface area contributed by atoms with E-state index in [1.807, 2.05) is 0 Å². The van der Waals surface area contributed by atoms with E-state index < -0.39 is 0 Å². The maximum atomic E-state index is 10.0. The van der Waals surface area contributed by atoms with Crippen molar-refractivity contribution in [1.29, 1.82) is 0 Å². The second-order valence-electron chi connectivity index (χ2n) is 6.65. The first kappa shape index (κ1) is 16.2. The molecule has 1 heteroatoms. The standard InChI is InChI=1S/C18H30O/c1-5-6-7-8-9-17(19)14-15-10-12-16(13-11-15)18(2,3)4/h10-13,17,19H,5-9,14H2,1-4H3. The molecule has 0 bridgehead atoms. The van der Waals surface area contributed by atoms with Gasteiger partial charge in [-0.25, -0.2) is 0 Å². The molecule has 0 fully saturated rings. The molecule has 1 nitrogen and oxygen atoms in total. The second kappa shape index (κ2) is 7.69. The minimum absolute atomic E-state index is 0.183. The Bertz CT molecular complexity index is 345. The van der Waals surface area contributed by atoms with Gasteiger partial charge in [-0.2, -0.15) is 0 Å². The van der Waals surface area contributed by atoms with Crippen LogP contribution in [-0.2, 0) is 11.8 Å². The molecule has 1 aromatic carbocycles. The van der Waals surface area contributed by atoms with Crippen LogP contribution in [0, 0.1) is 0 Å². The molecule has 1 unspecified atom stereocenters. The molecule has 108 valence electrons. The molecule has 1 aromatic rings. The first-order valence-electron chi connectivity index (χ1n) is 7.71. The molecule has 19 heavy (non-hydrogen) atoms.